The van der Waals surface area contributed by atoms with Gasteiger partial charge in [0, 0.05) is 25.3 Å². The van der Waals surface area contributed by atoms with Gasteiger partial charge in [-0.25, -0.2) is 0 Å². The van der Waals surface area contributed by atoms with Crippen LogP contribution in [0.25, 0.3) is 0 Å². The number of hydrogen-bond donors (Lipinski definition) is 3. The minimum Gasteiger partial charge on any atom is -0.375 e. The van der Waals surface area contributed by atoms with Gasteiger partial charge >= 0.3 is 0 Å². The zero-order valence-electron chi connectivity index (χ0n) is 12.6. The zero-order valence-corrected chi connectivity index (χ0v) is 12.6. The number of nitrogens with two attached hydrogens (primary N) is 1. The van der Waals surface area contributed by atoms with E-state index < -0.39 is 0 Å². The molecule has 1 aromatic heterocycles. The molecule has 0 bridgehead atoms. The molecule has 20 heavy (non-hydrogen) atoms. The summed E-state index contributed by atoms with van der Waals surface area (Å²) < 4.78 is 5.72. The lowest BCUT2D eigenvalue weighted by atomic mass is 9.94. The predicted octanol–water partition coefficient (Wildman–Crippen LogP) is 2.25. The van der Waals surface area contributed by atoms with Crippen LogP contribution in [-0.2, 0) is 4.74 Å². The maximum Gasteiger partial charge on any atom is 0.223 e. The Labute approximate surface area is 120 Å². The number of nitrogen functional groups attached to an aromatic ring is 1. The fraction of sp³-hybridized carbons (Fsp3) is 0.714. The van der Waals surface area contributed by atoms with Crippen LogP contribution in [0.15, 0.2) is 6.07 Å². The van der Waals surface area contributed by atoms with Crippen LogP contribution in [0.3, 0.4) is 0 Å². The molecule has 2 rings (SSSR count). The number of aromatic nitrogens is 2. The number of hydrogen-bond acceptors (Lipinski definition) is 6. The number of rotatable bonds is 5. The molecule has 6 nitrogen and oxygen atoms in total. The summed E-state index contributed by atoms with van der Waals surface area (Å²) in [4.78, 5) is 8.44. The maximum atomic E-state index is 5.76. The first-order valence-electron chi connectivity index (χ1n) is 7.27. The molecule has 1 saturated heterocycles. The maximum absolute atomic E-state index is 5.76. The molecule has 4 N–H and O–H groups in total. The van der Waals surface area contributed by atoms with Crippen LogP contribution in [0.2, 0.25) is 0 Å². The molecule has 0 aromatic carbocycles. The van der Waals surface area contributed by atoms with Crippen LogP contribution >= 0.6 is 0 Å². The van der Waals surface area contributed by atoms with Gasteiger partial charge in [0.05, 0.1) is 5.60 Å². The summed E-state index contributed by atoms with van der Waals surface area (Å²) in [5.41, 5.74) is 5.68. The fourth-order valence-electron chi connectivity index (χ4n) is 2.45. The highest BCUT2D eigenvalue weighted by Gasteiger charge is 2.28. The number of ether oxygens (including phenoxy) is 1. The summed E-state index contributed by atoms with van der Waals surface area (Å²) in [5, 5.41) is 6.68. The lowest BCUT2D eigenvalue weighted by Gasteiger charge is -2.36. The van der Waals surface area contributed by atoms with E-state index in [-0.39, 0.29) is 5.60 Å². The van der Waals surface area contributed by atoms with Crippen LogP contribution in [0.1, 0.15) is 40.0 Å². The summed E-state index contributed by atoms with van der Waals surface area (Å²) >= 11 is 0. The molecule has 0 saturated carbocycles. The Balaban J connectivity index is 2.03. The minimum atomic E-state index is -0.0855. The van der Waals surface area contributed by atoms with E-state index in [4.69, 9.17) is 10.5 Å². The van der Waals surface area contributed by atoms with Crippen molar-refractivity contribution in [1.82, 2.24) is 9.97 Å². The Kier molecular flexibility index (Phi) is 4.65. The monoisotopic (exact) mass is 279 g/mol. The van der Waals surface area contributed by atoms with Gasteiger partial charge in [-0.15, -0.1) is 0 Å². The van der Waals surface area contributed by atoms with E-state index in [9.17, 15) is 0 Å². The largest absolute Gasteiger partial charge is 0.375 e. The van der Waals surface area contributed by atoms with E-state index >= 15 is 0 Å². The molecule has 0 spiro atoms. The summed E-state index contributed by atoms with van der Waals surface area (Å²) in [7, 11) is 0. The van der Waals surface area contributed by atoms with Crippen LogP contribution < -0.4 is 16.4 Å². The molecular formula is C14H25N5O. The molecule has 1 fully saturated rings. The Morgan fingerprint density at radius 3 is 2.85 bits per heavy atom. The van der Waals surface area contributed by atoms with Crippen molar-refractivity contribution in [3.05, 3.63) is 6.07 Å². The van der Waals surface area contributed by atoms with Crippen LogP contribution in [0, 0.1) is 0 Å². The van der Waals surface area contributed by atoms with Crippen LogP contribution in [0.5, 0.6) is 0 Å². The first-order valence-corrected chi connectivity index (χ1v) is 7.27. The van der Waals surface area contributed by atoms with Crippen molar-refractivity contribution in [1.29, 1.82) is 0 Å². The molecule has 0 aliphatic carbocycles. The molecule has 6 heteroatoms. The fourth-order valence-corrected chi connectivity index (χ4v) is 2.45. The van der Waals surface area contributed by atoms with E-state index in [0.717, 1.165) is 44.0 Å². The second-order valence-corrected chi connectivity index (χ2v) is 5.87. The van der Waals surface area contributed by atoms with Crippen molar-refractivity contribution >= 4 is 17.6 Å². The number of anilines is 3. The lowest BCUT2D eigenvalue weighted by Crippen LogP contribution is -2.40. The van der Waals surface area contributed by atoms with Crippen LogP contribution in [-0.4, -0.2) is 34.8 Å². The first-order chi connectivity index (χ1) is 9.48. The normalized spacial score (nSPS) is 21.4. The summed E-state index contributed by atoms with van der Waals surface area (Å²) in [6, 6.07) is 2.26. The van der Waals surface area contributed by atoms with Crippen molar-refractivity contribution in [2.24, 2.45) is 0 Å². The van der Waals surface area contributed by atoms with Gasteiger partial charge < -0.3 is 21.1 Å². The van der Waals surface area contributed by atoms with Crippen molar-refractivity contribution in [3.63, 3.8) is 0 Å². The average molecular weight is 279 g/mol. The highest BCUT2D eigenvalue weighted by atomic mass is 16.5. The molecule has 1 unspecified atom stereocenters. The quantitative estimate of drug-likeness (QED) is 0.766. The van der Waals surface area contributed by atoms with Crippen molar-refractivity contribution in [3.8, 4) is 0 Å². The Bertz CT molecular complexity index is 449. The summed E-state index contributed by atoms with van der Waals surface area (Å²) in [5.74, 6) is 1.84. The Morgan fingerprint density at radius 2 is 2.15 bits per heavy atom. The molecule has 112 valence electrons. The SMILES string of the molecule is CCCNc1cc(NC2CCOC(C)(C)C2)nc(N)n1. The van der Waals surface area contributed by atoms with Crippen molar-refractivity contribution in [2.75, 3.05) is 29.5 Å². The molecule has 1 aliphatic rings. The van der Waals surface area contributed by atoms with E-state index in [1.165, 1.54) is 0 Å². The third kappa shape index (κ3) is 4.23. The molecule has 1 aliphatic heterocycles. The average Bonchev–Trinajstić information content (AvgIpc) is 2.34. The van der Waals surface area contributed by atoms with Gasteiger partial charge in [0.25, 0.3) is 0 Å². The van der Waals surface area contributed by atoms with Crippen LogP contribution in [0.4, 0.5) is 17.6 Å². The lowest BCUT2D eigenvalue weighted by molar-refractivity contribution is -0.0553. The van der Waals surface area contributed by atoms with Gasteiger partial charge in [0.2, 0.25) is 5.95 Å². The van der Waals surface area contributed by atoms with E-state index in [1.54, 1.807) is 0 Å². The van der Waals surface area contributed by atoms with Gasteiger partial charge in [-0.1, -0.05) is 6.92 Å². The Hall–Kier alpha value is -1.56. The molecule has 2 heterocycles. The molecule has 1 aromatic rings. The van der Waals surface area contributed by atoms with Gasteiger partial charge in [0.1, 0.15) is 11.6 Å². The van der Waals surface area contributed by atoms with E-state index in [1.807, 2.05) is 6.07 Å². The first kappa shape index (κ1) is 14.8. The summed E-state index contributed by atoms with van der Waals surface area (Å²) in [6.07, 6.45) is 2.97. The smallest absolute Gasteiger partial charge is 0.223 e. The number of nitrogens with one attached hydrogen (secondary N) is 2. The van der Waals surface area contributed by atoms with E-state index in [2.05, 4.69) is 41.4 Å². The van der Waals surface area contributed by atoms with Crippen molar-refractivity contribution in [2.45, 2.75) is 51.7 Å². The third-order valence-electron chi connectivity index (χ3n) is 3.35. The minimum absolute atomic E-state index is 0.0855. The van der Waals surface area contributed by atoms with Gasteiger partial charge in [-0.3, -0.25) is 0 Å². The van der Waals surface area contributed by atoms with Gasteiger partial charge in [-0.2, -0.15) is 9.97 Å². The zero-order chi connectivity index (χ0) is 14.6. The molecule has 0 amide bonds. The molecule has 0 radical (unpaired) electrons. The van der Waals surface area contributed by atoms with Gasteiger partial charge in [0.15, 0.2) is 0 Å². The van der Waals surface area contributed by atoms with Gasteiger partial charge in [-0.05, 0) is 33.1 Å². The van der Waals surface area contributed by atoms with E-state index in [0.29, 0.717) is 12.0 Å². The standard InChI is InChI=1S/C14H25N5O/c1-4-6-16-11-8-12(19-13(15)18-11)17-10-5-7-20-14(2,3)9-10/h8,10H,4-7,9H2,1-3H3,(H4,15,16,17,18,19). The highest BCUT2D eigenvalue weighted by molar-refractivity contribution is 5.51. The highest BCUT2D eigenvalue weighted by Crippen LogP contribution is 2.26. The second kappa shape index (κ2) is 6.26. The Morgan fingerprint density at radius 1 is 1.40 bits per heavy atom. The van der Waals surface area contributed by atoms with Crippen molar-refractivity contribution < 1.29 is 4.74 Å². The molecular weight excluding hydrogens is 254 g/mol. The predicted molar refractivity (Wildman–Crippen MR) is 81.9 cm³/mol. The third-order valence-corrected chi connectivity index (χ3v) is 3.35. The second-order valence-electron chi connectivity index (χ2n) is 5.87. The topological polar surface area (TPSA) is 85.1 Å². The molecule has 1 atom stereocenters. The number of nitrogens with zero attached hydrogens (tertiary/aromatic N) is 2. The summed E-state index contributed by atoms with van der Waals surface area (Å²) in [6.45, 7) is 7.99.